The number of carbonyl (C=O) groups excluding carboxylic acids is 2. The van der Waals surface area contributed by atoms with Crippen LogP contribution in [0.15, 0.2) is 24.3 Å². The highest BCUT2D eigenvalue weighted by molar-refractivity contribution is 5.96. The van der Waals surface area contributed by atoms with Gasteiger partial charge in [0.2, 0.25) is 5.91 Å². The van der Waals surface area contributed by atoms with Crippen molar-refractivity contribution in [3.63, 3.8) is 0 Å². The van der Waals surface area contributed by atoms with E-state index in [0.717, 1.165) is 12.8 Å². The van der Waals surface area contributed by atoms with E-state index in [2.05, 4.69) is 31.4 Å². The van der Waals surface area contributed by atoms with Crippen molar-refractivity contribution in [2.75, 3.05) is 6.54 Å². The first-order valence-electron chi connectivity index (χ1n) is 8.54. The van der Waals surface area contributed by atoms with Crippen molar-refractivity contribution < 1.29 is 9.59 Å². The molecule has 2 amide bonds. The van der Waals surface area contributed by atoms with E-state index in [-0.39, 0.29) is 29.8 Å². The molecule has 1 aliphatic carbocycles. The Labute approximate surface area is 139 Å². The number of benzene rings is 1. The molecule has 0 atom stereocenters. The quantitative estimate of drug-likeness (QED) is 0.896. The summed E-state index contributed by atoms with van der Waals surface area (Å²) >= 11 is 0. The Kier molecular flexibility index (Phi) is 5.80. The lowest BCUT2D eigenvalue weighted by molar-refractivity contribution is -0.121. The zero-order chi connectivity index (χ0) is 16.9. The van der Waals surface area contributed by atoms with Crippen molar-refractivity contribution in [1.29, 1.82) is 0 Å². The topological polar surface area (TPSA) is 58.2 Å². The molecule has 0 spiro atoms. The van der Waals surface area contributed by atoms with Crippen molar-refractivity contribution in [2.24, 2.45) is 0 Å². The molecule has 0 unspecified atom stereocenters. The van der Waals surface area contributed by atoms with Crippen molar-refractivity contribution in [3.8, 4) is 0 Å². The van der Waals surface area contributed by atoms with Gasteiger partial charge in [0.15, 0.2) is 0 Å². The highest BCUT2D eigenvalue weighted by atomic mass is 16.2. The third kappa shape index (κ3) is 5.38. The fourth-order valence-corrected chi connectivity index (χ4v) is 2.91. The molecule has 0 aromatic heterocycles. The monoisotopic (exact) mass is 316 g/mol. The number of nitrogens with one attached hydrogen (secondary N) is 2. The van der Waals surface area contributed by atoms with Crippen molar-refractivity contribution in [3.05, 3.63) is 35.4 Å². The van der Waals surface area contributed by atoms with E-state index < -0.39 is 0 Å². The number of rotatable bonds is 4. The zero-order valence-corrected chi connectivity index (χ0v) is 14.4. The maximum Gasteiger partial charge on any atom is 0.251 e. The number of amides is 2. The lowest BCUT2D eigenvalue weighted by Crippen LogP contribution is -2.42. The molecule has 2 rings (SSSR count). The van der Waals surface area contributed by atoms with E-state index in [1.165, 1.54) is 24.8 Å². The minimum absolute atomic E-state index is 0.0381. The van der Waals surface area contributed by atoms with Crippen LogP contribution in [0.25, 0.3) is 0 Å². The summed E-state index contributed by atoms with van der Waals surface area (Å²) in [5, 5.41) is 5.70. The summed E-state index contributed by atoms with van der Waals surface area (Å²) in [5.41, 5.74) is 1.84. The molecule has 4 nitrogen and oxygen atoms in total. The van der Waals surface area contributed by atoms with Crippen LogP contribution in [0.3, 0.4) is 0 Å². The average Bonchev–Trinajstić information content (AvgIpc) is 2.53. The minimum atomic E-state index is -0.204. The van der Waals surface area contributed by atoms with Crippen molar-refractivity contribution in [2.45, 2.75) is 64.3 Å². The molecule has 0 radical (unpaired) electrons. The van der Waals surface area contributed by atoms with Crippen LogP contribution in [0.4, 0.5) is 0 Å². The van der Waals surface area contributed by atoms with Gasteiger partial charge in [0.05, 0.1) is 6.54 Å². The van der Waals surface area contributed by atoms with Gasteiger partial charge in [-0.25, -0.2) is 0 Å². The first-order chi connectivity index (χ1) is 10.9. The molecular weight excluding hydrogens is 288 g/mol. The van der Waals surface area contributed by atoms with Gasteiger partial charge in [-0.1, -0.05) is 52.2 Å². The molecule has 0 heterocycles. The molecule has 0 saturated heterocycles. The van der Waals surface area contributed by atoms with Gasteiger partial charge in [0.25, 0.3) is 5.91 Å². The van der Waals surface area contributed by atoms with Crippen LogP contribution in [0.5, 0.6) is 0 Å². The third-order valence-electron chi connectivity index (χ3n) is 4.39. The summed E-state index contributed by atoms with van der Waals surface area (Å²) in [5.74, 6) is -0.305. The number of hydrogen-bond acceptors (Lipinski definition) is 2. The van der Waals surface area contributed by atoms with E-state index in [0.29, 0.717) is 5.56 Å². The van der Waals surface area contributed by atoms with Crippen molar-refractivity contribution in [1.82, 2.24) is 10.6 Å². The predicted octanol–water partition coefficient (Wildman–Crippen LogP) is 3.16. The van der Waals surface area contributed by atoms with E-state index in [1.54, 1.807) is 0 Å². The van der Waals surface area contributed by atoms with Gasteiger partial charge in [0.1, 0.15) is 0 Å². The fraction of sp³-hybridized carbons (Fsp3) is 0.579. The molecule has 1 saturated carbocycles. The lowest BCUT2D eigenvalue weighted by atomic mass is 9.87. The largest absolute Gasteiger partial charge is 0.352 e. The molecule has 0 bridgehead atoms. The number of carbonyl (C=O) groups is 2. The van der Waals surface area contributed by atoms with Crippen molar-refractivity contribution >= 4 is 11.8 Å². The summed E-state index contributed by atoms with van der Waals surface area (Å²) in [6.45, 7) is 6.45. The fourth-order valence-electron chi connectivity index (χ4n) is 2.91. The Morgan fingerprint density at radius 2 is 1.65 bits per heavy atom. The predicted molar refractivity (Wildman–Crippen MR) is 92.5 cm³/mol. The highest BCUT2D eigenvalue weighted by Crippen LogP contribution is 2.22. The summed E-state index contributed by atoms with van der Waals surface area (Å²) in [4.78, 5) is 24.0. The standard InChI is InChI=1S/C19H28N2O2/c1-19(2,3)15-11-9-14(10-12-15)18(23)20-13-17(22)21-16-7-5-4-6-8-16/h9-12,16H,4-8,13H2,1-3H3,(H,20,23)(H,21,22). The molecule has 1 aliphatic rings. The summed E-state index contributed by atoms with van der Waals surface area (Å²) < 4.78 is 0. The lowest BCUT2D eigenvalue weighted by Gasteiger charge is -2.22. The molecule has 126 valence electrons. The normalized spacial score (nSPS) is 16.0. The number of hydrogen-bond donors (Lipinski definition) is 2. The Balaban J connectivity index is 1.81. The van der Waals surface area contributed by atoms with Crippen LogP contribution in [-0.2, 0) is 10.2 Å². The van der Waals surface area contributed by atoms with Crippen LogP contribution in [0.2, 0.25) is 0 Å². The molecule has 23 heavy (non-hydrogen) atoms. The summed E-state index contributed by atoms with van der Waals surface area (Å²) in [6, 6.07) is 7.84. The Hall–Kier alpha value is -1.84. The molecule has 1 fully saturated rings. The van der Waals surface area contributed by atoms with Gasteiger partial charge in [-0.05, 0) is 36.0 Å². The van der Waals surface area contributed by atoms with E-state index in [9.17, 15) is 9.59 Å². The van der Waals surface area contributed by atoms with E-state index >= 15 is 0 Å². The molecule has 1 aromatic carbocycles. The van der Waals surface area contributed by atoms with E-state index in [1.807, 2.05) is 24.3 Å². The second-order valence-corrected chi connectivity index (χ2v) is 7.41. The third-order valence-corrected chi connectivity index (χ3v) is 4.39. The Bertz CT molecular complexity index is 537. The molecule has 4 heteroatoms. The van der Waals surface area contributed by atoms with Crippen LogP contribution < -0.4 is 10.6 Å². The smallest absolute Gasteiger partial charge is 0.251 e. The first kappa shape index (κ1) is 17.5. The maximum atomic E-state index is 12.1. The first-order valence-corrected chi connectivity index (χ1v) is 8.54. The molecule has 1 aromatic rings. The van der Waals surface area contributed by atoms with Crippen LogP contribution in [0.1, 0.15) is 68.8 Å². The maximum absolute atomic E-state index is 12.1. The average molecular weight is 316 g/mol. The molecule has 2 N–H and O–H groups in total. The highest BCUT2D eigenvalue weighted by Gasteiger charge is 2.17. The molecule has 0 aliphatic heterocycles. The molecular formula is C19H28N2O2. The Morgan fingerprint density at radius 3 is 2.22 bits per heavy atom. The summed E-state index contributed by atoms with van der Waals surface area (Å²) in [7, 11) is 0. The Morgan fingerprint density at radius 1 is 1.04 bits per heavy atom. The van der Waals surface area contributed by atoms with Gasteiger partial charge in [-0.3, -0.25) is 9.59 Å². The van der Waals surface area contributed by atoms with Crippen LogP contribution >= 0.6 is 0 Å². The van der Waals surface area contributed by atoms with E-state index in [4.69, 9.17) is 0 Å². The van der Waals surface area contributed by atoms with Gasteiger partial charge in [-0.2, -0.15) is 0 Å². The van der Waals surface area contributed by atoms with Gasteiger partial charge in [0, 0.05) is 11.6 Å². The van der Waals surface area contributed by atoms with Gasteiger partial charge >= 0.3 is 0 Å². The second-order valence-electron chi connectivity index (χ2n) is 7.41. The van der Waals surface area contributed by atoms with Gasteiger partial charge < -0.3 is 10.6 Å². The van der Waals surface area contributed by atoms with Crippen LogP contribution in [-0.4, -0.2) is 24.4 Å². The minimum Gasteiger partial charge on any atom is -0.352 e. The SMILES string of the molecule is CC(C)(C)c1ccc(C(=O)NCC(=O)NC2CCCCC2)cc1. The second kappa shape index (κ2) is 7.62. The van der Waals surface area contributed by atoms with Crippen LogP contribution in [0, 0.1) is 0 Å². The van der Waals surface area contributed by atoms with Gasteiger partial charge in [-0.15, -0.1) is 0 Å². The summed E-state index contributed by atoms with van der Waals surface area (Å²) in [6.07, 6.45) is 5.71. The zero-order valence-electron chi connectivity index (χ0n) is 14.4.